The summed E-state index contributed by atoms with van der Waals surface area (Å²) in [5, 5.41) is 17.9. The number of guanidine groups is 1. The fourth-order valence-corrected chi connectivity index (χ4v) is 2.72. The van der Waals surface area contributed by atoms with E-state index in [0.29, 0.717) is 31.9 Å². The van der Waals surface area contributed by atoms with Gasteiger partial charge in [-0.25, -0.2) is 4.39 Å². The normalized spacial score (nSPS) is 12.6. The summed E-state index contributed by atoms with van der Waals surface area (Å²) in [6.07, 6.45) is 4.07. The molecule has 0 aliphatic carbocycles. The van der Waals surface area contributed by atoms with Gasteiger partial charge in [0.05, 0.1) is 12.1 Å². The molecule has 1 aromatic heterocycles. The molecular formula is C19H29FN4O. The smallest absolute Gasteiger partial charge is 0.191 e. The van der Waals surface area contributed by atoms with Crippen LogP contribution in [0.25, 0.3) is 10.9 Å². The Morgan fingerprint density at radius 2 is 2.00 bits per heavy atom. The molecule has 25 heavy (non-hydrogen) atoms. The molecule has 0 fully saturated rings. The van der Waals surface area contributed by atoms with Crippen molar-refractivity contribution < 1.29 is 9.50 Å². The van der Waals surface area contributed by atoms with Crippen molar-refractivity contribution in [3.63, 3.8) is 0 Å². The lowest BCUT2D eigenvalue weighted by Gasteiger charge is -2.23. The van der Waals surface area contributed by atoms with Crippen LogP contribution in [0.15, 0.2) is 29.4 Å². The quantitative estimate of drug-likeness (QED) is 0.438. The molecular weight excluding hydrogens is 319 g/mol. The molecule has 0 atom stereocenters. The van der Waals surface area contributed by atoms with Gasteiger partial charge in [0.25, 0.3) is 0 Å². The van der Waals surface area contributed by atoms with Crippen molar-refractivity contribution in [2.24, 2.45) is 4.99 Å². The van der Waals surface area contributed by atoms with Crippen LogP contribution in [0.1, 0.15) is 39.2 Å². The Bertz CT molecular complexity index is 707. The highest BCUT2D eigenvalue weighted by Gasteiger charge is 2.21. The molecule has 1 heterocycles. The number of aromatic nitrogens is 1. The average molecular weight is 348 g/mol. The van der Waals surface area contributed by atoms with Crippen molar-refractivity contribution in [1.82, 2.24) is 15.6 Å². The second kappa shape index (κ2) is 8.85. The van der Waals surface area contributed by atoms with Gasteiger partial charge in [0, 0.05) is 30.2 Å². The summed E-state index contributed by atoms with van der Waals surface area (Å²) in [7, 11) is 0. The van der Waals surface area contributed by atoms with Gasteiger partial charge in [-0.15, -0.1) is 0 Å². The third-order valence-electron chi connectivity index (χ3n) is 4.61. The van der Waals surface area contributed by atoms with E-state index in [0.717, 1.165) is 29.4 Å². The number of halogens is 1. The molecule has 138 valence electrons. The molecule has 1 aromatic carbocycles. The van der Waals surface area contributed by atoms with E-state index in [-0.39, 0.29) is 5.82 Å². The first-order valence-electron chi connectivity index (χ1n) is 9.01. The molecule has 0 spiro atoms. The van der Waals surface area contributed by atoms with Crippen LogP contribution in [0.4, 0.5) is 4.39 Å². The van der Waals surface area contributed by atoms with Crippen LogP contribution in [0.2, 0.25) is 0 Å². The van der Waals surface area contributed by atoms with Gasteiger partial charge in [0.2, 0.25) is 0 Å². The van der Waals surface area contributed by atoms with Crippen LogP contribution in [0, 0.1) is 5.82 Å². The molecule has 6 heteroatoms. The van der Waals surface area contributed by atoms with Crippen molar-refractivity contribution in [3.8, 4) is 0 Å². The maximum atomic E-state index is 13.3. The van der Waals surface area contributed by atoms with E-state index in [1.165, 1.54) is 12.1 Å². The maximum absolute atomic E-state index is 13.3. The van der Waals surface area contributed by atoms with Crippen molar-refractivity contribution in [3.05, 3.63) is 35.8 Å². The number of hydrogen-bond acceptors (Lipinski definition) is 2. The first-order chi connectivity index (χ1) is 12.0. The minimum atomic E-state index is -0.747. The van der Waals surface area contributed by atoms with Gasteiger partial charge in [-0.1, -0.05) is 13.8 Å². The van der Waals surface area contributed by atoms with Crippen LogP contribution in [-0.4, -0.2) is 41.3 Å². The standard InChI is InChI=1S/C19H29FN4O/c1-4-19(25,5-2)13-24-18(21-6-3)22-10-9-14-12-23-17-11-15(20)7-8-16(14)17/h7-8,11-12,23,25H,4-6,9-10,13H2,1-3H3,(H2,21,22,24). The number of nitrogens with zero attached hydrogens (tertiary/aromatic N) is 1. The first-order valence-corrected chi connectivity index (χ1v) is 9.01. The van der Waals surface area contributed by atoms with Gasteiger partial charge in [-0.3, -0.25) is 4.99 Å². The molecule has 5 nitrogen and oxygen atoms in total. The third kappa shape index (κ3) is 5.19. The number of nitrogens with one attached hydrogen (secondary N) is 3. The third-order valence-corrected chi connectivity index (χ3v) is 4.61. The SMILES string of the molecule is CCNC(=NCC(O)(CC)CC)NCCc1c[nH]c2cc(F)ccc12. The van der Waals surface area contributed by atoms with Gasteiger partial charge in [0.15, 0.2) is 5.96 Å². The Kier molecular flexibility index (Phi) is 6.82. The number of rotatable bonds is 8. The number of aromatic amines is 1. The van der Waals surface area contributed by atoms with Crippen LogP contribution in [-0.2, 0) is 6.42 Å². The monoisotopic (exact) mass is 348 g/mol. The van der Waals surface area contributed by atoms with Crippen molar-refractivity contribution in [2.45, 2.75) is 45.6 Å². The minimum absolute atomic E-state index is 0.236. The molecule has 0 amide bonds. The van der Waals surface area contributed by atoms with Gasteiger partial charge in [0.1, 0.15) is 5.82 Å². The fraction of sp³-hybridized carbons (Fsp3) is 0.526. The summed E-state index contributed by atoms with van der Waals surface area (Å²) in [6.45, 7) is 7.79. The zero-order valence-corrected chi connectivity index (χ0v) is 15.3. The highest BCUT2D eigenvalue weighted by atomic mass is 19.1. The van der Waals surface area contributed by atoms with E-state index >= 15 is 0 Å². The number of benzene rings is 1. The molecule has 0 saturated heterocycles. The summed E-state index contributed by atoms with van der Waals surface area (Å²) < 4.78 is 13.3. The Morgan fingerprint density at radius 3 is 2.68 bits per heavy atom. The van der Waals surface area contributed by atoms with Crippen LogP contribution >= 0.6 is 0 Å². The lowest BCUT2D eigenvalue weighted by molar-refractivity contribution is 0.0418. The summed E-state index contributed by atoms with van der Waals surface area (Å²) in [6, 6.07) is 4.79. The van der Waals surface area contributed by atoms with E-state index in [1.807, 2.05) is 27.0 Å². The van der Waals surface area contributed by atoms with Crippen LogP contribution in [0.5, 0.6) is 0 Å². The molecule has 0 aliphatic rings. The largest absolute Gasteiger partial charge is 0.388 e. The number of H-pyrrole nitrogens is 1. The van der Waals surface area contributed by atoms with E-state index < -0.39 is 5.60 Å². The number of hydrogen-bond donors (Lipinski definition) is 4. The maximum Gasteiger partial charge on any atom is 0.191 e. The lowest BCUT2D eigenvalue weighted by Crippen LogP contribution is -2.40. The number of aliphatic hydroxyl groups is 1. The molecule has 4 N–H and O–H groups in total. The fourth-order valence-electron chi connectivity index (χ4n) is 2.72. The zero-order chi connectivity index (χ0) is 18.3. The van der Waals surface area contributed by atoms with E-state index in [2.05, 4.69) is 20.6 Å². The average Bonchev–Trinajstić information content (AvgIpc) is 3.01. The minimum Gasteiger partial charge on any atom is -0.388 e. The molecule has 0 radical (unpaired) electrons. The highest BCUT2D eigenvalue weighted by Crippen LogP contribution is 2.19. The van der Waals surface area contributed by atoms with Gasteiger partial charge in [-0.2, -0.15) is 0 Å². The van der Waals surface area contributed by atoms with E-state index in [4.69, 9.17) is 0 Å². The predicted octanol–water partition coefficient (Wildman–Crippen LogP) is 2.96. The molecule has 0 bridgehead atoms. The topological polar surface area (TPSA) is 72.4 Å². The van der Waals surface area contributed by atoms with Gasteiger partial charge >= 0.3 is 0 Å². The molecule has 2 aromatic rings. The molecule has 0 aliphatic heterocycles. The zero-order valence-electron chi connectivity index (χ0n) is 15.3. The number of fused-ring (bicyclic) bond motifs is 1. The van der Waals surface area contributed by atoms with Crippen molar-refractivity contribution >= 4 is 16.9 Å². The molecule has 0 saturated carbocycles. The Hall–Kier alpha value is -2.08. The van der Waals surface area contributed by atoms with Gasteiger partial charge in [-0.05, 0) is 49.9 Å². The van der Waals surface area contributed by atoms with Crippen LogP contribution < -0.4 is 10.6 Å². The first kappa shape index (κ1) is 19.2. The Morgan fingerprint density at radius 1 is 1.24 bits per heavy atom. The Balaban J connectivity index is 1.96. The predicted molar refractivity (Wildman–Crippen MR) is 101 cm³/mol. The van der Waals surface area contributed by atoms with Crippen molar-refractivity contribution in [2.75, 3.05) is 19.6 Å². The lowest BCUT2D eigenvalue weighted by atomic mass is 9.98. The highest BCUT2D eigenvalue weighted by molar-refractivity contribution is 5.83. The summed E-state index contributed by atoms with van der Waals surface area (Å²) in [5.74, 6) is 0.466. The Labute approximate surface area is 148 Å². The number of aliphatic imine (C=N–C) groups is 1. The van der Waals surface area contributed by atoms with E-state index in [1.54, 1.807) is 6.07 Å². The summed E-state index contributed by atoms with van der Waals surface area (Å²) in [5.41, 5.74) is 1.20. The second-order valence-electron chi connectivity index (χ2n) is 6.31. The summed E-state index contributed by atoms with van der Waals surface area (Å²) >= 11 is 0. The van der Waals surface area contributed by atoms with Gasteiger partial charge < -0.3 is 20.7 Å². The molecule has 2 rings (SSSR count). The summed E-state index contributed by atoms with van der Waals surface area (Å²) in [4.78, 5) is 7.61. The van der Waals surface area contributed by atoms with Crippen molar-refractivity contribution in [1.29, 1.82) is 0 Å². The molecule has 0 unspecified atom stereocenters. The second-order valence-corrected chi connectivity index (χ2v) is 6.31. The van der Waals surface area contributed by atoms with Crippen LogP contribution in [0.3, 0.4) is 0 Å². The van der Waals surface area contributed by atoms with E-state index in [9.17, 15) is 9.50 Å².